The molecule has 3 rings (SSSR count). The van der Waals surface area contributed by atoms with Gasteiger partial charge in [-0.2, -0.15) is 0 Å². The van der Waals surface area contributed by atoms with E-state index in [1.54, 1.807) is 13.0 Å². The molecule has 0 saturated carbocycles. The fraction of sp³-hybridized carbons (Fsp3) is 0.389. The molecule has 0 aliphatic heterocycles. The average molecular weight is 376 g/mol. The maximum absolute atomic E-state index is 12.3. The zero-order valence-corrected chi connectivity index (χ0v) is 15.8. The highest BCUT2D eigenvalue weighted by Crippen LogP contribution is 2.27. The van der Waals surface area contributed by atoms with E-state index in [4.69, 9.17) is 4.74 Å². The Morgan fingerprint density at radius 2 is 2.20 bits per heavy atom. The molecule has 1 aliphatic rings. The van der Waals surface area contributed by atoms with E-state index in [2.05, 4.69) is 34.2 Å². The van der Waals surface area contributed by atoms with Crippen molar-refractivity contribution in [1.82, 2.24) is 10.2 Å². The lowest BCUT2D eigenvalue weighted by atomic mass is 9.92. The fourth-order valence-electron chi connectivity index (χ4n) is 2.70. The summed E-state index contributed by atoms with van der Waals surface area (Å²) in [5, 5.41) is 11.3. The minimum Gasteiger partial charge on any atom is -0.481 e. The van der Waals surface area contributed by atoms with Crippen LogP contribution in [0.2, 0.25) is 0 Å². The van der Waals surface area contributed by atoms with Gasteiger partial charge in [-0.15, -0.1) is 16.8 Å². The van der Waals surface area contributed by atoms with Gasteiger partial charge in [-0.3, -0.25) is 10.1 Å². The van der Waals surface area contributed by atoms with Crippen molar-refractivity contribution in [2.45, 2.75) is 43.1 Å². The molecule has 0 bridgehead atoms. The van der Waals surface area contributed by atoms with Gasteiger partial charge < -0.3 is 4.74 Å². The van der Waals surface area contributed by atoms with Gasteiger partial charge in [-0.25, -0.2) is 0 Å². The SMILES string of the molecule is C=CCSc1nnc(NC(=O)[C@H](C)Oc2ccc3c(c2)CCCC3)s1. The largest absolute Gasteiger partial charge is 0.481 e. The Labute approximate surface area is 155 Å². The highest BCUT2D eigenvalue weighted by molar-refractivity contribution is 8.01. The Kier molecular flexibility index (Phi) is 6.09. The Bertz CT molecular complexity index is 761. The number of ether oxygens (including phenoxy) is 1. The Morgan fingerprint density at radius 1 is 1.40 bits per heavy atom. The summed E-state index contributed by atoms with van der Waals surface area (Å²) in [5.41, 5.74) is 2.73. The standard InChI is InChI=1S/C18H21N3O2S2/c1-3-10-24-18-21-20-17(25-18)19-16(22)12(2)23-15-9-8-13-6-4-5-7-14(13)11-15/h3,8-9,11-12H,1,4-7,10H2,2H3,(H,19,20,22)/t12-/m0/s1. The quantitative estimate of drug-likeness (QED) is 0.448. The van der Waals surface area contributed by atoms with E-state index in [1.807, 2.05) is 6.07 Å². The molecule has 1 aromatic heterocycles. The third-order valence-corrected chi connectivity index (χ3v) is 5.93. The van der Waals surface area contributed by atoms with Crippen molar-refractivity contribution in [2.24, 2.45) is 0 Å². The molecule has 1 amide bonds. The molecule has 0 spiro atoms. The van der Waals surface area contributed by atoms with E-state index in [9.17, 15) is 4.79 Å². The van der Waals surface area contributed by atoms with Crippen molar-refractivity contribution in [2.75, 3.05) is 11.1 Å². The lowest BCUT2D eigenvalue weighted by molar-refractivity contribution is -0.122. The summed E-state index contributed by atoms with van der Waals surface area (Å²) in [6.45, 7) is 5.41. The maximum atomic E-state index is 12.3. The van der Waals surface area contributed by atoms with Crippen molar-refractivity contribution < 1.29 is 9.53 Å². The number of anilines is 1. The summed E-state index contributed by atoms with van der Waals surface area (Å²) in [7, 11) is 0. The van der Waals surface area contributed by atoms with Crippen LogP contribution in [0, 0.1) is 0 Å². The van der Waals surface area contributed by atoms with Crippen LogP contribution < -0.4 is 10.1 Å². The Morgan fingerprint density at radius 3 is 3.00 bits per heavy atom. The molecule has 0 saturated heterocycles. The fourth-order valence-corrected chi connectivity index (χ4v) is 4.21. The van der Waals surface area contributed by atoms with Crippen molar-refractivity contribution in [1.29, 1.82) is 0 Å². The molecule has 0 unspecified atom stereocenters. The Balaban J connectivity index is 1.57. The molecule has 0 radical (unpaired) electrons. The number of nitrogens with zero attached hydrogens (tertiary/aromatic N) is 2. The summed E-state index contributed by atoms with van der Waals surface area (Å²) in [4.78, 5) is 12.3. The number of fused-ring (bicyclic) bond motifs is 1. The topological polar surface area (TPSA) is 64.1 Å². The average Bonchev–Trinajstić information content (AvgIpc) is 3.07. The van der Waals surface area contributed by atoms with E-state index in [0.717, 1.165) is 28.7 Å². The molecular weight excluding hydrogens is 354 g/mol. The molecule has 1 N–H and O–H groups in total. The first kappa shape index (κ1) is 17.9. The van der Waals surface area contributed by atoms with Crippen LogP contribution in [0.5, 0.6) is 5.75 Å². The lowest BCUT2D eigenvalue weighted by Gasteiger charge is -2.18. The van der Waals surface area contributed by atoms with Gasteiger partial charge in [-0.1, -0.05) is 35.2 Å². The zero-order valence-electron chi connectivity index (χ0n) is 14.2. The summed E-state index contributed by atoms with van der Waals surface area (Å²) in [6.07, 6.45) is 5.89. The second-order valence-corrected chi connectivity index (χ2v) is 8.10. The first-order valence-corrected chi connectivity index (χ1v) is 10.1. The molecule has 1 aliphatic carbocycles. The van der Waals surface area contributed by atoms with E-state index in [0.29, 0.717) is 5.13 Å². The molecule has 2 aromatic rings. The monoisotopic (exact) mass is 375 g/mol. The number of aryl methyl sites for hydroxylation is 2. The summed E-state index contributed by atoms with van der Waals surface area (Å²) in [5.74, 6) is 1.28. The van der Waals surface area contributed by atoms with Crippen LogP contribution in [-0.2, 0) is 17.6 Å². The molecule has 5 nitrogen and oxygen atoms in total. The van der Waals surface area contributed by atoms with Crippen LogP contribution in [0.1, 0.15) is 30.9 Å². The minimum absolute atomic E-state index is 0.228. The highest BCUT2D eigenvalue weighted by atomic mass is 32.2. The number of nitrogens with one attached hydrogen (secondary N) is 1. The van der Waals surface area contributed by atoms with Crippen molar-refractivity contribution >= 4 is 34.1 Å². The number of carbonyl (C=O) groups excluding carboxylic acids is 1. The number of carbonyl (C=O) groups is 1. The molecule has 0 fully saturated rings. The van der Waals surface area contributed by atoms with Crippen LogP contribution in [0.15, 0.2) is 35.2 Å². The molecule has 7 heteroatoms. The van der Waals surface area contributed by atoms with Crippen molar-refractivity contribution in [3.05, 3.63) is 42.0 Å². The summed E-state index contributed by atoms with van der Waals surface area (Å²) in [6, 6.07) is 6.12. The predicted molar refractivity (Wildman–Crippen MR) is 103 cm³/mol. The van der Waals surface area contributed by atoms with Crippen LogP contribution in [0.25, 0.3) is 0 Å². The third kappa shape index (κ3) is 4.83. The number of hydrogen-bond donors (Lipinski definition) is 1. The number of hydrogen-bond acceptors (Lipinski definition) is 6. The molecule has 1 aromatic carbocycles. The smallest absolute Gasteiger partial charge is 0.266 e. The van der Waals surface area contributed by atoms with Gasteiger partial charge in [0.25, 0.3) is 5.91 Å². The number of rotatable bonds is 7. The Hall–Kier alpha value is -1.86. The first-order valence-electron chi connectivity index (χ1n) is 8.32. The van der Waals surface area contributed by atoms with Crippen LogP contribution in [-0.4, -0.2) is 28.0 Å². The number of benzene rings is 1. The van der Waals surface area contributed by atoms with E-state index < -0.39 is 6.10 Å². The summed E-state index contributed by atoms with van der Waals surface area (Å²) >= 11 is 2.89. The van der Waals surface area contributed by atoms with Gasteiger partial charge in [0.15, 0.2) is 10.4 Å². The third-order valence-electron chi connectivity index (χ3n) is 3.96. The lowest BCUT2D eigenvalue weighted by Crippen LogP contribution is -2.30. The van der Waals surface area contributed by atoms with Gasteiger partial charge in [0.2, 0.25) is 5.13 Å². The minimum atomic E-state index is -0.602. The number of aromatic nitrogens is 2. The van der Waals surface area contributed by atoms with Gasteiger partial charge >= 0.3 is 0 Å². The summed E-state index contributed by atoms with van der Waals surface area (Å²) < 4.78 is 6.62. The van der Waals surface area contributed by atoms with Crippen molar-refractivity contribution in [3.8, 4) is 5.75 Å². The van der Waals surface area contributed by atoms with Crippen LogP contribution >= 0.6 is 23.1 Å². The second-order valence-electron chi connectivity index (χ2n) is 5.86. The molecule has 25 heavy (non-hydrogen) atoms. The second kappa shape index (κ2) is 8.49. The number of amides is 1. The number of thioether (sulfide) groups is 1. The van der Waals surface area contributed by atoms with E-state index >= 15 is 0 Å². The zero-order chi connectivity index (χ0) is 17.6. The molecule has 132 valence electrons. The molecule has 1 heterocycles. The first-order chi connectivity index (χ1) is 12.2. The predicted octanol–water partition coefficient (Wildman–Crippen LogP) is 4.10. The van der Waals surface area contributed by atoms with Gasteiger partial charge in [-0.05, 0) is 55.9 Å². The highest BCUT2D eigenvalue weighted by Gasteiger charge is 2.18. The molecular formula is C18H21N3O2S2. The van der Waals surface area contributed by atoms with Crippen molar-refractivity contribution in [3.63, 3.8) is 0 Å². The maximum Gasteiger partial charge on any atom is 0.266 e. The van der Waals surface area contributed by atoms with Crippen LogP contribution in [0.4, 0.5) is 5.13 Å². The normalized spacial score (nSPS) is 14.4. The van der Waals surface area contributed by atoms with Gasteiger partial charge in [0, 0.05) is 5.75 Å². The van der Waals surface area contributed by atoms with E-state index in [-0.39, 0.29) is 5.91 Å². The van der Waals surface area contributed by atoms with Crippen LogP contribution in [0.3, 0.4) is 0 Å². The van der Waals surface area contributed by atoms with E-state index in [1.165, 1.54) is 47.1 Å². The molecule has 1 atom stereocenters. The van der Waals surface area contributed by atoms with Gasteiger partial charge in [0.05, 0.1) is 0 Å². The van der Waals surface area contributed by atoms with Gasteiger partial charge in [0.1, 0.15) is 5.75 Å².